The molecule has 0 fully saturated rings. The Labute approximate surface area is 141 Å². The van der Waals surface area contributed by atoms with E-state index in [1.165, 1.54) is 0 Å². The average Bonchev–Trinajstić information content (AvgIpc) is 2.99. The maximum Gasteiger partial charge on any atom is 0.240 e. The van der Waals surface area contributed by atoms with Gasteiger partial charge in [0.2, 0.25) is 10.0 Å². The number of para-hydroxylation sites is 1. The van der Waals surface area contributed by atoms with E-state index < -0.39 is 16.1 Å². The molecular weight excluding hydrogens is 326 g/mol. The van der Waals surface area contributed by atoms with Gasteiger partial charge in [0.25, 0.3) is 0 Å². The average molecular weight is 345 g/mol. The van der Waals surface area contributed by atoms with Gasteiger partial charge in [-0.1, -0.05) is 30.3 Å². The number of furan rings is 1. The molecule has 0 spiro atoms. The quantitative estimate of drug-likeness (QED) is 0.719. The lowest BCUT2D eigenvalue weighted by molar-refractivity contribution is 0.144. The highest BCUT2D eigenvalue weighted by Crippen LogP contribution is 2.25. The van der Waals surface area contributed by atoms with E-state index in [9.17, 15) is 13.5 Å². The Bertz CT molecular complexity index is 913. The molecule has 3 aromatic rings. The Hall–Kier alpha value is -2.15. The highest BCUT2D eigenvalue weighted by molar-refractivity contribution is 7.89. The molecule has 1 heterocycles. The van der Waals surface area contributed by atoms with Crippen LogP contribution in [-0.4, -0.2) is 20.1 Å². The van der Waals surface area contributed by atoms with Gasteiger partial charge in [-0.3, -0.25) is 0 Å². The zero-order valence-electron chi connectivity index (χ0n) is 13.3. The van der Waals surface area contributed by atoms with Crippen LogP contribution in [0.25, 0.3) is 11.0 Å². The van der Waals surface area contributed by atoms with Crippen molar-refractivity contribution in [2.24, 2.45) is 0 Å². The van der Waals surface area contributed by atoms with Crippen molar-refractivity contribution in [3.05, 3.63) is 65.9 Å². The van der Waals surface area contributed by atoms with Crippen molar-refractivity contribution < 1.29 is 17.9 Å². The normalized spacial score (nSPS) is 13.2. The third-order valence-electron chi connectivity index (χ3n) is 3.78. The van der Waals surface area contributed by atoms with Gasteiger partial charge in [-0.25, -0.2) is 13.1 Å². The Morgan fingerprint density at radius 3 is 2.67 bits per heavy atom. The number of rotatable bonds is 6. The molecule has 126 valence electrons. The van der Waals surface area contributed by atoms with Gasteiger partial charge in [-0.15, -0.1) is 0 Å². The van der Waals surface area contributed by atoms with Gasteiger partial charge >= 0.3 is 0 Å². The van der Waals surface area contributed by atoms with Crippen LogP contribution >= 0.6 is 0 Å². The number of nitrogens with one attached hydrogen (secondary N) is 1. The summed E-state index contributed by atoms with van der Waals surface area (Å²) in [4.78, 5) is 0.223. The van der Waals surface area contributed by atoms with Crippen LogP contribution < -0.4 is 4.72 Å². The van der Waals surface area contributed by atoms with Crippen molar-refractivity contribution in [3.8, 4) is 0 Å². The van der Waals surface area contributed by atoms with Crippen molar-refractivity contribution in [1.82, 2.24) is 4.72 Å². The largest absolute Gasteiger partial charge is 0.458 e. The predicted molar refractivity (Wildman–Crippen MR) is 92.2 cm³/mol. The van der Waals surface area contributed by atoms with E-state index in [-0.39, 0.29) is 17.9 Å². The van der Waals surface area contributed by atoms with E-state index in [2.05, 4.69) is 4.72 Å². The fourth-order valence-electron chi connectivity index (χ4n) is 2.50. The molecule has 0 saturated carbocycles. The summed E-state index contributed by atoms with van der Waals surface area (Å²) in [5.41, 5.74) is 1.58. The van der Waals surface area contributed by atoms with Crippen molar-refractivity contribution in [1.29, 1.82) is 0 Å². The minimum absolute atomic E-state index is 0.120. The highest BCUT2D eigenvalue weighted by Gasteiger charge is 2.17. The number of hydrogen-bond acceptors (Lipinski definition) is 4. The number of aliphatic hydroxyl groups excluding tert-OH is 1. The van der Waals surface area contributed by atoms with Crippen LogP contribution in [0.2, 0.25) is 0 Å². The third kappa shape index (κ3) is 3.67. The van der Waals surface area contributed by atoms with Crippen LogP contribution in [0.1, 0.15) is 23.8 Å². The van der Waals surface area contributed by atoms with Crippen molar-refractivity contribution in [2.75, 3.05) is 6.54 Å². The van der Waals surface area contributed by atoms with Crippen LogP contribution in [0, 0.1) is 6.92 Å². The summed E-state index contributed by atoms with van der Waals surface area (Å²) in [5, 5.41) is 11.1. The minimum atomic E-state index is -3.58. The zero-order valence-corrected chi connectivity index (χ0v) is 14.1. The maximum atomic E-state index is 12.2. The van der Waals surface area contributed by atoms with Crippen LogP contribution in [0.3, 0.4) is 0 Å². The number of hydrogen-bond donors (Lipinski definition) is 2. The molecule has 2 aromatic carbocycles. The van der Waals surface area contributed by atoms with Gasteiger partial charge in [-0.2, -0.15) is 0 Å². The fraction of sp³-hybridized carbons (Fsp3) is 0.222. The van der Waals surface area contributed by atoms with E-state index in [0.717, 1.165) is 10.9 Å². The first-order chi connectivity index (χ1) is 11.5. The standard InChI is InChI=1S/C18H19NO4S/c1-13-5-4-7-15(11-13)24(21,22)19-10-9-16(20)18-12-14-6-2-3-8-17(14)23-18/h2-8,11-12,16,19-20H,9-10H2,1H3/t16-/m1/s1. The van der Waals surface area contributed by atoms with Crippen LogP contribution in [-0.2, 0) is 10.0 Å². The van der Waals surface area contributed by atoms with E-state index in [0.29, 0.717) is 11.3 Å². The Balaban J connectivity index is 1.63. The molecule has 2 N–H and O–H groups in total. The number of sulfonamides is 1. The molecule has 0 saturated heterocycles. The molecule has 0 amide bonds. The number of aliphatic hydroxyl groups is 1. The molecule has 0 aliphatic carbocycles. The lowest BCUT2D eigenvalue weighted by Gasteiger charge is -2.10. The highest BCUT2D eigenvalue weighted by atomic mass is 32.2. The second kappa shape index (κ2) is 6.76. The number of aryl methyl sites for hydroxylation is 1. The molecule has 1 aromatic heterocycles. The Morgan fingerprint density at radius 2 is 1.92 bits per heavy atom. The summed E-state index contributed by atoms with van der Waals surface area (Å²) >= 11 is 0. The first kappa shape index (κ1) is 16.7. The summed E-state index contributed by atoms with van der Waals surface area (Å²) in [5.74, 6) is 0.436. The Kier molecular flexibility index (Phi) is 4.71. The van der Waals surface area contributed by atoms with Crippen molar-refractivity contribution in [2.45, 2.75) is 24.3 Å². The molecule has 0 radical (unpaired) electrons. The third-order valence-corrected chi connectivity index (χ3v) is 5.24. The molecule has 0 aliphatic rings. The summed E-state index contributed by atoms with van der Waals surface area (Å²) in [6, 6.07) is 15.9. The molecular formula is C18H19NO4S. The maximum absolute atomic E-state index is 12.2. The first-order valence-corrected chi connectivity index (χ1v) is 9.17. The lowest BCUT2D eigenvalue weighted by Crippen LogP contribution is -2.26. The molecule has 24 heavy (non-hydrogen) atoms. The summed E-state index contributed by atoms with van der Waals surface area (Å²) < 4.78 is 32.5. The first-order valence-electron chi connectivity index (χ1n) is 7.68. The van der Waals surface area contributed by atoms with Gasteiger partial charge in [0.15, 0.2) is 0 Å². The Morgan fingerprint density at radius 1 is 1.12 bits per heavy atom. The van der Waals surface area contributed by atoms with E-state index in [1.807, 2.05) is 37.3 Å². The number of fused-ring (bicyclic) bond motifs is 1. The van der Waals surface area contributed by atoms with Crippen molar-refractivity contribution >= 4 is 21.0 Å². The molecule has 0 bridgehead atoms. The molecule has 0 unspecified atom stereocenters. The summed E-state index contributed by atoms with van der Waals surface area (Å²) in [6.45, 7) is 1.96. The molecule has 0 aliphatic heterocycles. The van der Waals surface area contributed by atoms with Crippen LogP contribution in [0.4, 0.5) is 0 Å². The van der Waals surface area contributed by atoms with Crippen LogP contribution in [0.15, 0.2) is 63.9 Å². The molecule has 3 rings (SSSR count). The molecule has 6 heteroatoms. The SMILES string of the molecule is Cc1cccc(S(=O)(=O)NCC[C@@H](O)c2cc3ccccc3o2)c1. The monoisotopic (exact) mass is 345 g/mol. The summed E-state index contributed by atoms with van der Waals surface area (Å²) in [6.07, 6.45) is -0.636. The minimum Gasteiger partial charge on any atom is -0.458 e. The van der Waals surface area contributed by atoms with Crippen molar-refractivity contribution in [3.63, 3.8) is 0 Å². The second-order valence-electron chi connectivity index (χ2n) is 5.71. The van der Waals surface area contributed by atoms with E-state index in [4.69, 9.17) is 4.42 Å². The topological polar surface area (TPSA) is 79.5 Å². The molecule has 1 atom stereocenters. The second-order valence-corrected chi connectivity index (χ2v) is 7.47. The van der Waals surface area contributed by atoms with Gasteiger partial charge in [0, 0.05) is 11.9 Å². The van der Waals surface area contributed by atoms with E-state index >= 15 is 0 Å². The summed E-state index contributed by atoms with van der Waals surface area (Å²) in [7, 11) is -3.58. The van der Waals surface area contributed by atoms with Crippen LogP contribution in [0.5, 0.6) is 0 Å². The smallest absolute Gasteiger partial charge is 0.240 e. The van der Waals surface area contributed by atoms with E-state index in [1.54, 1.807) is 24.3 Å². The predicted octanol–water partition coefficient (Wildman–Crippen LogP) is 3.14. The van der Waals surface area contributed by atoms with Gasteiger partial charge in [0.05, 0.1) is 4.90 Å². The number of benzene rings is 2. The lowest BCUT2D eigenvalue weighted by atomic mass is 10.2. The molecule has 5 nitrogen and oxygen atoms in total. The van der Waals surface area contributed by atoms with Gasteiger partial charge in [-0.05, 0) is 43.2 Å². The van der Waals surface area contributed by atoms with Gasteiger partial charge in [0.1, 0.15) is 17.4 Å². The van der Waals surface area contributed by atoms with Gasteiger partial charge < -0.3 is 9.52 Å². The zero-order chi connectivity index (χ0) is 17.2. The fourth-order valence-corrected chi connectivity index (χ4v) is 3.66.